The smallest absolute Gasteiger partial charge is 0.141 e. The first-order valence-corrected chi connectivity index (χ1v) is 8.76. The van der Waals surface area contributed by atoms with Crippen molar-refractivity contribution in [2.45, 2.75) is 32.2 Å². The average molecular weight is 324 g/mol. The Bertz CT molecular complexity index is 744. The van der Waals surface area contributed by atoms with Crippen molar-refractivity contribution in [1.82, 2.24) is 9.88 Å². The van der Waals surface area contributed by atoms with Crippen LogP contribution in [0.2, 0.25) is 0 Å². The van der Waals surface area contributed by atoms with Gasteiger partial charge in [-0.25, -0.2) is 0 Å². The van der Waals surface area contributed by atoms with Crippen LogP contribution in [0.25, 0.3) is 0 Å². The Morgan fingerprint density at radius 3 is 2.79 bits per heavy atom. The monoisotopic (exact) mass is 324 g/mol. The molecule has 1 aromatic heterocycles. The van der Waals surface area contributed by atoms with Crippen molar-refractivity contribution in [3.63, 3.8) is 0 Å². The Balaban J connectivity index is 1.51. The van der Waals surface area contributed by atoms with Crippen molar-refractivity contribution in [2.24, 2.45) is 0 Å². The molecule has 0 N–H and O–H groups in total. The van der Waals surface area contributed by atoms with Crippen molar-refractivity contribution >= 4 is 0 Å². The van der Waals surface area contributed by atoms with Gasteiger partial charge in [0.25, 0.3) is 0 Å². The molecule has 0 saturated heterocycles. The summed E-state index contributed by atoms with van der Waals surface area (Å²) in [6.45, 7) is 5.16. The number of fused-ring (bicyclic) bond motifs is 2. The summed E-state index contributed by atoms with van der Waals surface area (Å²) in [5.74, 6) is 1.93. The minimum Gasteiger partial charge on any atom is -0.497 e. The highest BCUT2D eigenvalue weighted by atomic mass is 16.5. The number of nitrogens with zero attached hydrogens (tertiary/aromatic N) is 2. The van der Waals surface area contributed by atoms with Crippen LogP contribution >= 0.6 is 0 Å². The molecule has 1 aromatic carbocycles. The molecule has 0 saturated carbocycles. The van der Waals surface area contributed by atoms with Crippen LogP contribution in [-0.2, 0) is 19.3 Å². The molecule has 4 heteroatoms. The Kier molecular flexibility index (Phi) is 4.15. The van der Waals surface area contributed by atoms with Crippen LogP contribution < -0.4 is 9.47 Å². The molecule has 1 atom stereocenters. The molecular formula is C20H24N2O2. The molecule has 1 unspecified atom stereocenters. The van der Waals surface area contributed by atoms with Crippen LogP contribution in [0.5, 0.6) is 11.5 Å². The Labute approximate surface area is 143 Å². The number of pyridine rings is 1. The molecule has 2 aliphatic rings. The van der Waals surface area contributed by atoms with E-state index in [-0.39, 0.29) is 0 Å². The van der Waals surface area contributed by atoms with Gasteiger partial charge in [0.05, 0.1) is 19.4 Å². The molecule has 0 fully saturated rings. The Morgan fingerprint density at radius 2 is 1.96 bits per heavy atom. The lowest BCUT2D eigenvalue weighted by Crippen LogP contribution is -2.29. The van der Waals surface area contributed by atoms with Crippen molar-refractivity contribution in [3.05, 3.63) is 52.8 Å². The second kappa shape index (κ2) is 6.44. The van der Waals surface area contributed by atoms with Gasteiger partial charge in [0.1, 0.15) is 11.5 Å². The summed E-state index contributed by atoms with van der Waals surface area (Å²) in [5.41, 5.74) is 5.21. The van der Waals surface area contributed by atoms with E-state index >= 15 is 0 Å². The molecule has 126 valence electrons. The first-order valence-electron chi connectivity index (χ1n) is 8.76. The third-order valence-corrected chi connectivity index (χ3v) is 5.33. The number of methoxy groups -OCH3 is 1. The first kappa shape index (κ1) is 15.5. The van der Waals surface area contributed by atoms with Crippen molar-refractivity contribution in [3.8, 4) is 11.5 Å². The van der Waals surface area contributed by atoms with Crippen LogP contribution in [0.4, 0.5) is 0 Å². The van der Waals surface area contributed by atoms with E-state index in [1.165, 1.54) is 16.7 Å². The van der Waals surface area contributed by atoms with Gasteiger partial charge in [0.2, 0.25) is 0 Å². The highest BCUT2D eigenvalue weighted by Gasteiger charge is 2.22. The maximum Gasteiger partial charge on any atom is 0.141 e. The van der Waals surface area contributed by atoms with E-state index in [1.54, 1.807) is 7.11 Å². The van der Waals surface area contributed by atoms with Crippen LogP contribution in [0, 0.1) is 0 Å². The topological polar surface area (TPSA) is 34.6 Å². The van der Waals surface area contributed by atoms with E-state index in [9.17, 15) is 0 Å². The summed E-state index contributed by atoms with van der Waals surface area (Å²) in [7, 11) is 1.73. The van der Waals surface area contributed by atoms with Crippen LogP contribution in [0.15, 0.2) is 30.5 Å². The Hall–Kier alpha value is -2.07. The molecule has 4 nitrogen and oxygen atoms in total. The summed E-state index contributed by atoms with van der Waals surface area (Å²) in [6.07, 6.45) is 5.11. The second-order valence-corrected chi connectivity index (χ2v) is 6.66. The molecule has 0 radical (unpaired) electrons. The maximum absolute atomic E-state index is 5.68. The quantitative estimate of drug-likeness (QED) is 0.868. The van der Waals surface area contributed by atoms with Crippen molar-refractivity contribution < 1.29 is 9.47 Å². The lowest BCUT2D eigenvalue weighted by molar-refractivity contribution is 0.220. The average Bonchev–Trinajstić information content (AvgIpc) is 2.99. The van der Waals surface area contributed by atoms with Crippen LogP contribution in [0.3, 0.4) is 0 Å². The van der Waals surface area contributed by atoms with Gasteiger partial charge in [-0.05, 0) is 54.7 Å². The molecule has 0 amide bonds. The zero-order valence-corrected chi connectivity index (χ0v) is 14.4. The summed E-state index contributed by atoms with van der Waals surface area (Å²) in [5, 5.41) is 0. The van der Waals surface area contributed by atoms with Crippen LogP contribution in [-0.4, -0.2) is 36.7 Å². The molecule has 3 heterocycles. The number of aromatic nitrogens is 1. The lowest BCUT2D eigenvalue weighted by Gasteiger charge is -2.27. The third kappa shape index (κ3) is 2.86. The van der Waals surface area contributed by atoms with E-state index < -0.39 is 0 Å². The predicted octanol–water partition coefficient (Wildman–Crippen LogP) is 3.19. The van der Waals surface area contributed by atoms with Gasteiger partial charge in [-0.3, -0.25) is 9.88 Å². The molecular weight excluding hydrogens is 300 g/mol. The molecule has 0 bridgehead atoms. The minimum absolute atomic E-state index is 0.350. The molecule has 0 aliphatic carbocycles. The fourth-order valence-corrected chi connectivity index (χ4v) is 3.73. The fraction of sp³-hybridized carbons (Fsp3) is 0.450. The Morgan fingerprint density at radius 1 is 1.12 bits per heavy atom. The van der Waals surface area contributed by atoms with Gasteiger partial charge in [0, 0.05) is 31.7 Å². The number of benzene rings is 1. The van der Waals surface area contributed by atoms with Gasteiger partial charge >= 0.3 is 0 Å². The number of rotatable bonds is 3. The summed E-state index contributed by atoms with van der Waals surface area (Å²) < 4.78 is 11.1. The fourth-order valence-electron chi connectivity index (χ4n) is 3.73. The summed E-state index contributed by atoms with van der Waals surface area (Å²) in [4.78, 5) is 7.14. The molecule has 2 aliphatic heterocycles. The summed E-state index contributed by atoms with van der Waals surface area (Å²) >= 11 is 0. The maximum atomic E-state index is 5.68. The van der Waals surface area contributed by atoms with Gasteiger partial charge in [0.15, 0.2) is 0 Å². The number of ether oxygens (including phenoxy) is 2. The molecule has 0 spiro atoms. The normalized spacial score (nSPS) is 18.2. The molecule has 2 aromatic rings. The van der Waals surface area contributed by atoms with E-state index in [0.717, 1.165) is 56.2 Å². The highest BCUT2D eigenvalue weighted by molar-refractivity contribution is 5.38. The van der Waals surface area contributed by atoms with E-state index in [1.807, 2.05) is 6.20 Å². The van der Waals surface area contributed by atoms with Gasteiger partial charge < -0.3 is 9.47 Å². The molecule has 4 rings (SSSR count). The minimum atomic E-state index is 0.350. The number of hydrogen-bond donors (Lipinski definition) is 0. The van der Waals surface area contributed by atoms with E-state index in [4.69, 9.17) is 9.47 Å². The van der Waals surface area contributed by atoms with Crippen LogP contribution in [0.1, 0.15) is 35.3 Å². The zero-order valence-electron chi connectivity index (χ0n) is 14.4. The zero-order chi connectivity index (χ0) is 16.5. The number of hydrogen-bond acceptors (Lipinski definition) is 4. The van der Waals surface area contributed by atoms with Gasteiger partial charge in [-0.1, -0.05) is 6.07 Å². The van der Waals surface area contributed by atoms with Crippen molar-refractivity contribution in [1.29, 1.82) is 0 Å². The first-order chi connectivity index (χ1) is 11.7. The summed E-state index contributed by atoms with van der Waals surface area (Å²) in [6, 6.07) is 9.01. The largest absolute Gasteiger partial charge is 0.497 e. The lowest BCUT2D eigenvalue weighted by atomic mass is 10.0. The van der Waals surface area contributed by atoms with Gasteiger partial charge in [-0.2, -0.15) is 0 Å². The van der Waals surface area contributed by atoms with E-state index in [2.05, 4.69) is 41.1 Å². The van der Waals surface area contributed by atoms with Gasteiger partial charge in [-0.15, -0.1) is 0 Å². The predicted molar refractivity (Wildman–Crippen MR) is 93.8 cm³/mol. The standard InChI is InChI=1S/C20H24N2O2/c1-14(17-12-20-19(21-13-17)7-10-24-20)22-8-5-15-3-4-18(23-2)11-16(15)6-9-22/h3-4,11-14H,5-10H2,1-2H3. The van der Waals surface area contributed by atoms with E-state index in [0.29, 0.717) is 6.04 Å². The second-order valence-electron chi connectivity index (χ2n) is 6.66. The highest BCUT2D eigenvalue weighted by Crippen LogP contribution is 2.30. The molecule has 24 heavy (non-hydrogen) atoms. The van der Waals surface area contributed by atoms with Crippen molar-refractivity contribution in [2.75, 3.05) is 26.8 Å². The SMILES string of the molecule is COc1ccc2c(c1)CCN(C(C)c1cnc3c(c1)OCC3)CC2. The third-order valence-electron chi connectivity index (χ3n) is 5.33.